The number of carboxylic acid groups (broad SMARTS) is 1. The number of amides is 1. The molecule has 3 atom stereocenters. The Balaban J connectivity index is 1.96. The predicted octanol–water partition coefficient (Wildman–Crippen LogP) is 4.66. The normalized spacial score (nSPS) is 16.1. The number of carbonyl (C=O) groups is 2. The lowest BCUT2D eigenvalue weighted by Crippen LogP contribution is -2.31. The molecule has 1 amide bonds. The van der Waals surface area contributed by atoms with Gasteiger partial charge in [0.2, 0.25) is 0 Å². The smallest absolute Gasteiger partial charge is 0.335 e. The van der Waals surface area contributed by atoms with Crippen LogP contribution in [-0.2, 0) is 0 Å². The number of rotatable bonds is 5. The summed E-state index contributed by atoms with van der Waals surface area (Å²) in [6, 6.07) is 7.97. The number of hydrogen-bond donors (Lipinski definition) is 1. The third-order valence-corrected chi connectivity index (χ3v) is 5.71. The Morgan fingerprint density at radius 3 is 2.50 bits per heavy atom. The van der Waals surface area contributed by atoms with Crippen LogP contribution in [0, 0.1) is 6.92 Å². The van der Waals surface area contributed by atoms with Gasteiger partial charge in [-0.05, 0) is 49.1 Å². The molecule has 1 N–H and O–H groups in total. The molecule has 0 radical (unpaired) electrons. The highest BCUT2D eigenvalue weighted by Crippen LogP contribution is 2.39. The van der Waals surface area contributed by atoms with E-state index in [9.17, 15) is 14.7 Å². The lowest BCUT2D eigenvalue weighted by molar-refractivity contribution is 0.0693. The van der Waals surface area contributed by atoms with E-state index in [0.717, 1.165) is 24.0 Å². The Bertz CT molecular complexity index is 937. The highest BCUT2D eigenvalue weighted by Gasteiger charge is 2.33. The summed E-state index contributed by atoms with van der Waals surface area (Å²) in [5, 5.41) is 9.48. The zero-order valence-corrected chi connectivity index (χ0v) is 18.2. The van der Waals surface area contributed by atoms with Crippen LogP contribution < -0.4 is 9.05 Å². The number of aromatic carboxylic acids is 1. The molecule has 2 aromatic carbocycles. The number of hydrogen-bond acceptors (Lipinski definition) is 4. The molecule has 0 saturated carbocycles. The molecular formula is C19H20ClNO5P2. The highest BCUT2D eigenvalue weighted by atomic mass is 35.5. The number of halogens is 1. The van der Waals surface area contributed by atoms with Crippen molar-refractivity contribution in [2.75, 3.05) is 6.54 Å². The van der Waals surface area contributed by atoms with Crippen molar-refractivity contribution in [1.29, 1.82) is 0 Å². The number of carbonyl (C=O) groups excluding carboxylic acids is 1. The monoisotopic (exact) mass is 439 g/mol. The van der Waals surface area contributed by atoms with Gasteiger partial charge in [0.1, 0.15) is 11.5 Å². The van der Waals surface area contributed by atoms with Crippen molar-refractivity contribution in [2.45, 2.75) is 25.8 Å². The summed E-state index contributed by atoms with van der Waals surface area (Å²) < 4.78 is 10.4. The highest BCUT2D eigenvalue weighted by molar-refractivity contribution is 7.10. The van der Waals surface area contributed by atoms with E-state index in [0.29, 0.717) is 28.6 Å². The molecule has 1 fully saturated rings. The van der Waals surface area contributed by atoms with Gasteiger partial charge in [-0.25, -0.2) is 4.79 Å². The van der Waals surface area contributed by atoms with Crippen molar-refractivity contribution in [2.24, 2.45) is 0 Å². The second kappa shape index (κ2) is 8.65. The number of benzene rings is 2. The fourth-order valence-electron chi connectivity index (χ4n) is 3.56. The first kappa shape index (κ1) is 20.9. The molecule has 6 nitrogen and oxygen atoms in total. The van der Waals surface area contributed by atoms with E-state index in [1.807, 2.05) is 6.92 Å². The van der Waals surface area contributed by atoms with Gasteiger partial charge in [0.25, 0.3) is 5.91 Å². The molecule has 3 unspecified atom stereocenters. The maximum absolute atomic E-state index is 13.3. The first-order valence-corrected chi connectivity index (χ1v) is 9.91. The Morgan fingerprint density at radius 2 is 1.89 bits per heavy atom. The standard InChI is InChI=1S/C19H20ClNO5P2/c1-10-7-11(19(23)24)4-5-12(10)15-3-2-6-21(15)18(22)13-8-14(20)17(26-28)9-16(13)25-27/h4-5,7-9,15H,2-3,6,27-28H2,1H3,(H,23,24). The molecule has 2 aromatic rings. The van der Waals surface area contributed by atoms with Crippen molar-refractivity contribution in [3.05, 3.63) is 57.6 Å². The maximum Gasteiger partial charge on any atom is 0.335 e. The van der Waals surface area contributed by atoms with Crippen LogP contribution in [0.15, 0.2) is 30.3 Å². The van der Waals surface area contributed by atoms with Gasteiger partial charge in [-0.1, -0.05) is 17.7 Å². The summed E-state index contributed by atoms with van der Waals surface area (Å²) in [4.78, 5) is 26.3. The molecule has 1 aliphatic rings. The lowest BCUT2D eigenvalue weighted by Gasteiger charge is -2.27. The molecule has 0 spiro atoms. The van der Waals surface area contributed by atoms with E-state index in [1.165, 1.54) is 0 Å². The molecule has 0 aromatic heterocycles. The van der Waals surface area contributed by atoms with Crippen LogP contribution in [0.1, 0.15) is 50.7 Å². The number of carboxylic acids is 1. The summed E-state index contributed by atoms with van der Waals surface area (Å²) in [6.07, 6.45) is 1.66. The molecular weight excluding hydrogens is 420 g/mol. The Labute approximate surface area is 172 Å². The van der Waals surface area contributed by atoms with E-state index < -0.39 is 5.97 Å². The van der Waals surface area contributed by atoms with Crippen molar-refractivity contribution in [3.63, 3.8) is 0 Å². The minimum atomic E-state index is -0.970. The van der Waals surface area contributed by atoms with Crippen molar-refractivity contribution in [3.8, 4) is 11.5 Å². The van der Waals surface area contributed by atoms with Gasteiger partial charge in [0.05, 0.1) is 41.1 Å². The van der Waals surface area contributed by atoms with Gasteiger partial charge in [-0.3, -0.25) is 4.79 Å². The number of nitrogens with zero attached hydrogens (tertiary/aromatic N) is 1. The second-order valence-corrected chi connectivity index (χ2v) is 7.43. The zero-order valence-electron chi connectivity index (χ0n) is 15.1. The quantitative estimate of drug-likeness (QED) is 0.686. The minimum absolute atomic E-state index is 0.135. The predicted molar refractivity (Wildman–Crippen MR) is 113 cm³/mol. The van der Waals surface area contributed by atoms with Crippen LogP contribution in [0.3, 0.4) is 0 Å². The van der Waals surface area contributed by atoms with Gasteiger partial charge in [-0.15, -0.1) is 0 Å². The number of likely N-dealkylation sites (tertiary alicyclic amines) is 1. The molecule has 0 bridgehead atoms. The molecule has 1 aliphatic heterocycles. The van der Waals surface area contributed by atoms with E-state index in [2.05, 4.69) is 18.9 Å². The summed E-state index contributed by atoms with van der Waals surface area (Å²) in [5.41, 5.74) is 2.37. The van der Waals surface area contributed by atoms with Gasteiger partial charge in [0.15, 0.2) is 0 Å². The minimum Gasteiger partial charge on any atom is -0.479 e. The molecule has 1 saturated heterocycles. The van der Waals surface area contributed by atoms with E-state index >= 15 is 0 Å². The molecule has 3 rings (SSSR count). The van der Waals surface area contributed by atoms with Crippen LogP contribution in [0.5, 0.6) is 11.5 Å². The topological polar surface area (TPSA) is 76.1 Å². The zero-order chi connectivity index (χ0) is 20.4. The summed E-state index contributed by atoms with van der Waals surface area (Å²) >= 11 is 6.21. The third-order valence-electron chi connectivity index (χ3n) is 4.91. The summed E-state index contributed by atoms with van der Waals surface area (Å²) in [6.45, 7) is 2.46. The van der Waals surface area contributed by atoms with Crippen LogP contribution in [0.2, 0.25) is 5.02 Å². The Morgan fingerprint density at radius 1 is 1.18 bits per heavy atom. The third kappa shape index (κ3) is 3.96. The van der Waals surface area contributed by atoms with Crippen LogP contribution in [0.4, 0.5) is 0 Å². The number of aryl methyl sites for hydroxylation is 1. The Kier molecular flexibility index (Phi) is 6.44. The fourth-order valence-corrected chi connectivity index (χ4v) is 4.23. The summed E-state index contributed by atoms with van der Waals surface area (Å²) in [7, 11) is 4.24. The molecule has 0 aliphatic carbocycles. The average molecular weight is 440 g/mol. The molecule has 9 heteroatoms. The fraction of sp³-hybridized carbons (Fsp3) is 0.263. The van der Waals surface area contributed by atoms with Crippen LogP contribution >= 0.6 is 30.5 Å². The van der Waals surface area contributed by atoms with Crippen LogP contribution in [0.25, 0.3) is 0 Å². The van der Waals surface area contributed by atoms with E-state index in [4.69, 9.17) is 20.6 Å². The second-order valence-electron chi connectivity index (χ2n) is 6.55. The SMILES string of the molecule is Cc1cc(C(=O)O)ccc1C1CCCN1C(=O)c1cc(Cl)c(OP)cc1OP. The molecule has 1 heterocycles. The van der Waals surface area contributed by atoms with Gasteiger partial charge >= 0.3 is 5.97 Å². The van der Waals surface area contributed by atoms with Gasteiger partial charge in [-0.2, -0.15) is 0 Å². The van der Waals surface area contributed by atoms with Crippen LogP contribution in [-0.4, -0.2) is 28.4 Å². The van der Waals surface area contributed by atoms with E-state index in [-0.39, 0.29) is 17.5 Å². The summed E-state index contributed by atoms with van der Waals surface area (Å²) in [5.74, 6) is -0.430. The largest absolute Gasteiger partial charge is 0.479 e. The van der Waals surface area contributed by atoms with E-state index in [1.54, 1.807) is 35.2 Å². The molecule has 148 valence electrons. The lowest BCUT2D eigenvalue weighted by atomic mass is 9.97. The van der Waals surface area contributed by atoms with Crippen molar-refractivity contribution >= 4 is 42.4 Å². The van der Waals surface area contributed by atoms with Crippen molar-refractivity contribution in [1.82, 2.24) is 4.90 Å². The first-order chi connectivity index (χ1) is 13.4. The van der Waals surface area contributed by atoms with Crippen molar-refractivity contribution < 1.29 is 23.7 Å². The van der Waals surface area contributed by atoms with Gasteiger partial charge in [0, 0.05) is 12.6 Å². The van der Waals surface area contributed by atoms with Gasteiger partial charge < -0.3 is 19.1 Å². The molecule has 28 heavy (non-hydrogen) atoms. The first-order valence-electron chi connectivity index (χ1n) is 8.59. The maximum atomic E-state index is 13.3. The Hall–Kier alpha value is -1.87. The average Bonchev–Trinajstić information content (AvgIpc) is 3.16.